The minimum atomic E-state index is -1.42. The van der Waals surface area contributed by atoms with Gasteiger partial charge in [0.25, 0.3) is 5.91 Å². The minimum absolute atomic E-state index is 0.114. The van der Waals surface area contributed by atoms with Crippen LogP contribution in [0.4, 0.5) is 0 Å². The lowest BCUT2D eigenvalue weighted by atomic mass is 9.90. The van der Waals surface area contributed by atoms with Crippen LogP contribution in [0.3, 0.4) is 0 Å². The normalized spacial score (nSPS) is 12.3. The summed E-state index contributed by atoms with van der Waals surface area (Å²) in [5.74, 6) is -4.53. The fourth-order valence-electron chi connectivity index (χ4n) is 3.95. The van der Waals surface area contributed by atoms with Crippen LogP contribution in [-0.2, 0) is 9.59 Å². The molecule has 0 fully saturated rings. The molecule has 0 unspecified atom stereocenters. The Bertz CT molecular complexity index is 1130. The van der Waals surface area contributed by atoms with Gasteiger partial charge in [-0.15, -0.1) is 0 Å². The third-order valence-corrected chi connectivity index (χ3v) is 5.89. The number of amides is 3. The second-order valence-corrected chi connectivity index (χ2v) is 8.32. The molecule has 0 aliphatic heterocycles. The van der Waals surface area contributed by atoms with E-state index < -0.39 is 41.3 Å². The molecular weight excluding hydrogens is 486 g/mol. The van der Waals surface area contributed by atoms with Gasteiger partial charge in [-0.2, -0.15) is 0 Å². The molecule has 1 aromatic carbocycles. The van der Waals surface area contributed by atoms with Gasteiger partial charge in [0.2, 0.25) is 12.3 Å². The minimum Gasteiger partial charge on any atom is -0.478 e. The number of carboxylic acids is 2. The van der Waals surface area contributed by atoms with Crippen molar-refractivity contribution >= 4 is 30.2 Å². The van der Waals surface area contributed by atoms with Gasteiger partial charge in [0.1, 0.15) is 5.76 Å². The topological polar surface area (TPSA) is 186 Å². The Morgan fingerprint density at radius 3 is 2.30 bits per heavy atom. The molecule has 1 aromatic heterocycles. The molecule has 2 atom stereocenters. The highest BCUT2D eigenvalue weighted by atomic mass is 16.5. The quantitative estimate of drug-likeness (QED) is 0.0778. The summed E-state index contributed by atoms with van der Waals surface area (Å²) in [5, 5.41) is 33.9. The zero-order valence-corrected chi connectivity index (χ0v) is 20.6. The number of hydrogen-bond acceptors (Lipinski definition) is 7. The van der Waals surface area contributed by atoms with E-state index in [0.717, 1.165) is 31.4 Å². The Balaban J connectivity index is 2.05. The van der Waals surface area contributed by atoms with Crippen molar-refractivity contribution < 1.29 is 43.8 Å². The molecule has 0 saturated carbocycles. The van der Waals surface area contributed by atoms with Gasteiger partial charge in [0.15, 0.2) is 5.76 Å². The number of hydrogen-bond donors (Lipinski definition) is 5. The fraction of sp³-hybridized carbons (Fsp3) is 0.400. The van der Waals surface area contributed by atoms with Crippen LogP contribution >= 0.6 is 0 Å². The number of carbonyl (C=O) groups excluding carboxylic acids is 3. The molecule has 0 radical (unpaired) electrons. The number of hydroxylamine groups is 2. The number of nitrogens with one attached hydrogen (secondary N) is 2. The highest BCUT2D eigenvalue weighted by molar-refractivity contribution is 6.02. The Hall–Kier alpha value is -4.19. The summed E-state index contributed by atoms with van der Waals surface area (Å²) in [5.41, 5.74) is -0.545. The molecule has 12 nitrogen and oxygen atoms in total. The summed E-state index contributed by atoms with van der Waals surface area (Å²) in [4.78, 5) is 59.0. The van der Waals surface area contributed by atoms with E-state index in [1.807, 2.05) is 6.92 Å². The van der Waals surface area contributed by atoms with Crippen LogP contribution in [-0.4, -0.2) is 63.4 Å². The first-order chi connectivity index (χ1) is 17.6. The molecule has 37 heavy (non-hydrogen) atoms. The van der Waals surface area contributed by atoms with Crippen LogP contribution < -0.4 is 10.6 Å². The first-order valence-corrected chi connectivity index (χ1v) is 11.8. The number of unbranched alkanes of at least 4 members (excludes halogenated alkanes) is 2. The summed E-state index contributed by atoms with van der Waals surface area (Å²) in [6.07, 6.45) is 3.63. The highest BCUT2D eigenvalue weighted by Gasteiger charge is 2.30. The van der Waals surface area contributed by atoms with Gasteiger partial charge < -0.3 is 25.3 Å². The van der Waals surface area contributed by atoms with E-state index >= 15 is 0 Å². The van der Waals surface area contributed by atoms with E-state index in [-0.39, 0.29) is 35.7 Å². The third-order valence-electron chi connectivity index (χ3n) is 5.89. The van der Waals surface area contributed by atoms with Gasteiger partial charge in [-0.3, -0.25) is 19.6 Å². The van der Waals surface area contributed by atoms with Crippen LogP contribution in [0.25, 0.3) is 11.3 Å². The lowest BCUT2D eigenvalue weighted by Crippen LogP contribution is -2.47. The van der Waals surface area contributed by atoms with E-state index in [1.165, 1.54) is 18.2 Å². The summed E-state index contributed by atoms with van der Waals surface area (Å²) >= 11 is 0. The molecule has 0 aliphatic carbocycles. The number of benzene rings is 1. The maximum absolute atomic E-state index is 12.8. The Morgan fingerprint density at radius 2 is 1.70 bits per heavy atom. The second-order valence-electron chi connectivity index (χ2n) is 8.32. The fourth-order valence-corrected chi connectivity index (χ4v) is 3.95. The van der Waals surface area contributed by atoms with Gasteiger partial charge >= 0.3 is 11.9 Å². The van der Waals surface area contributed by atoms with Crippen molar-refractivity contribution in [2.24, 2.45) is 5.92 Å². The first kappa shape index (κ1) is 29.0. The predicted molar refractivity (Wildman–Crippen MR) is 130 cm³/mol. The molecule has 0 saturated heterocycles. The molecule has 12 heteroatoms. The third kappa shape index (κ3) is 7.64. The molecule has 200 valence electrons. The molecule has 0 bridgehead atoms. The van der Waals surface area contributed by atoms with Gasteiger partial charge in [-0.25, -0.2) is 14.7 Å². The first-order valence-electron chi connectivity index (χ1n) is 11.8. The van der Waals surface area contributed by atoms with E-state index in [1.54, 1.807) is 6.92 Å². The van der Waals surface area contributed by atoms with Crippen LogP contribution in [0.5, 0.6) is 0 Å². The lowest BCUT2D eigenvalue weighted by molar-refractivity contribution is -0.168. The van der Waals surface area contributed by atoms with E-state index in [9.17, 15) is 34.3 Å². The summed E-state index contributed by atoms with van der Waals surface area (Å²) in [6, 6.07) is 5.72. The van der Waals surface area contributed by atoms with E-state index in [2.05, 4.69) is 10.6 Å². The van der Waals surface area contributed by atoms with Crippen molar-refractivity contribution in [3.8, 4) is 11.3 Å². The SMILES string of the molecule is CCCCC[C@@H](C(=O)NCNC(=O)c1ccc(-c2ccc(C(=O)O)c(C(=O)O)c2)o1)[C@@H](CC)N(O)C=O. The predicted octanol–water partition coefficient (Wildman–Crippen LogP) is 2.97. The summed E-state index contributed by atoms with van der Waals surface area (Å²) in [7, 11) is 0. The Labute approximate surface area is 213 Å². The molecule has 1 heterocycles. The number of rotatable bonds is 15. The van der Waals surface area contributed by atoms with E-state index in [4.69, 9.17) is 9.52 Å². The van der Waals surface area contributed by atoms with Gasteiger partial charge in [0.05, 0.1) is 29.8 Å². The number of carboxylic acid groups (broad SMARTS) is 2. The van der Waals surface area contributed by atoms with Gasteiger partial charge in [-0.05, 0) is 37.1 Å². The van der Waals surface area contributed by atoms with Gasteiger partial charge in [-0.1, -0.05) is 39.2 Å². The van der Waals surface area contributed by atoms with Crippen LogP contribution in [0, 0.1) is 5.92 Å². The monoisotopic (exact) mass is 517 g/mol. The van der Waals surface area contributed by atoms with Crippen LogP contribution in [0.1, 0.15) is 77.2 Å². The number of furan rings is 1. The summed E-state index contributed by atoms with van der Waals surface area (Å²) < 4.78 is 5.49. The molecule has 0 aliphatic rings. The smallest absolute Gasteiger partial charge is 0.336 e. The zero-order valence-electron chi connectivity index (χ0n) is 20.6. The average Bonchev–Trinajstić information content (AvgIpc) is 3.38. The maximum Gasteiger partial charge on any atom is 0.336 e. The van der Waals surface area contributed by atoms with Crippen molar-refractivity contribution in [3.63, 3.8) is 0 Å². The second kappa shape index (κ2) is 13.8. The Morgan fingerprint density at radius 1 is 1.00 bits per heavy atom. The molecule has 2 rings (SSSR count). The molecule has 3 amide bonds. The maximum atomic E-state index is 12.8. The molecule has 0 spiro atoms. The summed E-state index contributed by atoms with van der Waals surface area (Å²) in [6.45, 7) is 3.53. The van der Waals surface area contributed by atoms with Gasteiger partial charge in [0, 0.05) is 5.56 Å². The number of carbonyl (C=O) groups is 5. The molecular formula is C25H31N3O9. The van der Waals surface area contributed by atoms with Crippen molar-refractivity contribution in [1.82, 2.24) is 15.7 Å². The lowest BCUT2D eigenvalue weighted by Gasteiger charge is -2.29. The standard InChI is InChI=1S/C25H31N3O9/c1-3-5-6-7-17(19(4-2)28(36)14-29)22(30)26-13-27-23(31)21-11-10-20(37-21)15-8-9-16(24(32)33)18(12-15)25(34)35/h8-12,14,17,19,36H,3-7,13H2,1-2H3,(H,26,30)(H,27,31)(H,32,33)(H,34,35)/t17-,19-/m1/s1. The highest BCUT2D eigenvalue weighted by Crippen LogP contribution is 2.25. The van der Waals surface area contributed by atoms with Crippen molar-refractivity contribution in [2.45, 2.75) is 52.0 Å². The largest absolute Gasteiger partial charge is 0.478 e. The van der Waals surface area contributed by atoms with Crippen molar-refractivity contribution in [3.05, 3.63) is 47.2 Å². The van der Waals surface area contributed by atoms with Crippen molar-refractivity contribution in [1.29, 1.82) is 0 Å². The van der Waals surface area contributed by atoms with Crippen LogP contribution in [0.2, 0.25) is 0 Å². The molecule has 5 N–H and O–H groups in total. The number of nitrogens with zero attached hydrogens (tertiary/aromatic N) is 1. The average molecular weight is 518 g/mol. The zero-order chi connectivity index (χ0) is 27.5. The van der Waals surface area contributed by atoms with Crippen LogP contribution in [0.15, 0.2) is 34.7 Å². The van der Waals surface area contributed by atoms with E-state index in [0.29, 0.717) is 17.9 Å². The van der Waals surface area contributed by atoms with Crippen molar-refractivity contribution in [2.75, 3.05) is 6.67 Å². The molecule has 2 aromatic rings. The number of aromatic carboxylic acids is 2. The Kier molecular flexibility index (Phi) is 10.8.